The third kappa shape index (κ3) is 2.70. The molecule has 0 unspecified atom stereocenters. The van der Waals surface area contributed by atoms with Crippen molar-refractivity contribution in [1.29, 1.82) is 0 Å². The van der Waals surface area contributed by atoms with Gasteiger partial charge in [-0.15, -0.1) is 0 Å². The van der Waals surface area contributed by atoms with Crippen molar-refractivity contribution in [2.75, 3.05) is 6.61 Å². The van der Waals surface area contributed by atoms with Gasteiger partial charge in [0.05, 0.1) is 6.61 Å². The van der Waals surface area contributed by atoms with Crippen LogP contribution in [-0.4, -0.2) is 18.4 Å². The van der Waals surface area contributed by atoms with E-state index in [-0.39, 0.29) is 6.61 Å². The zero-order valence-corrected chi connectivity index (χ0v) is 11.1. The molecule has 0 spiro atoms. The number of ether oxygens (including phenoxy) is 1. The number of carbonyl (C=O) groups is 2. The number of Topliss-reactive ketones (excluding diaryl/α,β-unsaturated/α-hetero) is 1. The molecule has 0 aliphatic heterocycles. The number of hydrogen-bond donors (Lipinski definition) is 0. The monoisotopic (exact) mass is 284 g/mol. The van der Waals surface area contributed by atoms with Crippen LogP contribution in [0.1, 0.15) is 28.4 Å². The van der Waals surface area contributed by atoms with E-state index in [4.69, 9.17) is 0 Å². The highest BCUT2D eigenvalue weighted by Crippen LogP contribution is 2.22. The van der Waals surface area contributed by atoms with Crippen LogP contribution in [-0.2, 0) is 9.53 Å². The molecule has 0 bridgehead atoms. The lowest BCUT2D eigenvalue weighted by atomic mass is 10.0. The lowest BCUT2D eigenvalue weighted by molar-refractivity contribution is -0.137. The summed E-state index contributed by atoms with van der Waals surface area (Å²) in [6, 6.07) is 3.33. The highest BCUT2D eigenvalue weighted by atomic mass is 79.9. The molecule has 1 aromatic carbocycles. The smallest absolute Gasteiger partial charge is 0.379 e. The van der Waals surface area contributed by atoms with Crippen molar-refractivity contribution in [3.8, 4) is 0 Å². The van der Waals surface area contributed by atoms with E-state index in [2.05, 4.69) is 20.7 Å². The Kier molecular flexibility index (Phi) is 4.24. The summed E-state index contributed by atoms with van der Waals surface area (Å²) in [6.07, 6.45) is 0. The van der Waals surface area contributed by atoms with Gasteiger partial charge in [0.25, 0.3) is 5.78 Å². The van der Waals surface area contributed by atoms with E-state index in [1.54, 1.807) is 19.1 Å². The van der Waals surface area contributed by atoms with Gasteiger partial charge in [0.1, 0.15) is 0 Å². The Hall–Kier alpha value is -1.16. The van der Waals surface area contributed by atoms with Gasteiger partial charge in [0.15, 0.2) is 0 Å². The summed E-state index contributed by atoms with van der Waals surface area (Å²) in [6.45, 7) is 5.71. The van der Waals surface area contributed by atoms with E-state index in [0.29, 0.717) is 5.56 Å². The van der Waals surface area contributed by atoms with Crippen LogP contribution < -0.4 is 0 Å². The van der Waals surface area contributed by atoms with Crippen molar-refractivity contribution in [2.24, 2.45) is 0 Å². The quantitative estimate of drug-likeness (QED) is 0.487. The van der Waals surface area contributed by atoms with Crippen LogP contribution in [0.15, 0.2) is 16.6 Å². The average Bonchev–Trinajstić information content (AvgIpc) is 2.24. The molecule has 0 radical (unpaired) electrons. The summed E-state index contributed by atoms with van der Waals surface area (Å²) in [5, 5.41) is 0. The lowest BCUT2D eigenvalue weighted by Crippen LogP contribution is -2.17. The van der Waals surface area contributed by atoms with E-state index in [9.17, 15) is 9.59 Å². The normalized spacial score (nSPS) is 10.0. The van der Waals surface area contributed by atoms with Crippen LogP contribution in [0, 0.1) is 13.8 Å². The summed E-state index contributed by atoms with van der Waals surface area (Å²) >= 11 is 3.35. The van der Waals surface area contributed by atoms with Gasteiger partial charge >= 0.3 is 5.97 Å². The van der Waals surface area contributed by atoms with Gasteiger partial charge in [0.2, 0.25) is 0 Å². The minimum atomic E-state index is -0.808. The molecule has 4 heteroatoms. The largest absolute Gasteiger partial charge is 0.460 e. The second-order valence-electron chi connectivity index (χ2n) is 3.45. The summed E-state index contributed by atoms with van der Waals surface area (Å²) in [5.41, 5.74) is 2.37. The van der Waals surface area contributed by atoms with Gasteiger partial charge < -0.3 is 4.74 Å². The molecule has 0 saturated carbocycles. The standard InChI is InChI=1S/C12H13BrO3/c1-4-16-12(15)11(14)9-5-7(2)8(3)10(13)6-9/h5-6H,4H2,1-3H3. The van der Waals surface area contributed by atoms with Gasteiger partial charge in [-0.1, -0.05) is 15.9 Å². The van der Waals surface area contributed by atoms with Gasteiger partial charge in [-0.3, -0.25) is 4.79 Å². The number of carbonyl (C=O) groups excluding carboxylic acids is 2. The van der Waals surface area contributed by atoms with Gasteiger partial charge in [-0.25, -0.2) is 4.79 Å². The number of hydrogen-bond acceptors (Lipinski definition) is 3. The summed E-state index contributed by atoms with van der Waals surface area (Å²) in [5.74, 6) is -1.41. The van der Waals surface area contributed by atoms with Crippen molar-refractivity contribution in [2.45, 2.75) is 20.8 Å². The maximum Gasteiger partial charge on any atom is 0.379 e. The minimum Gasteiger partial charge on any atom is -0.460 e. The number of halogens is 1. The first-order chi connectivity index (χ1) is 7.47. The zero-order chi connectivity index (χ0) is 12.3. The molecule has 1 rings (SSSR count). The molecular formula is C12H13BrO3. The molecule has 0 aliphatic rings. The van der Waals surface area contributed by atoms with E-state index in [1.807, 2.05) is 13.8 Å². The number of esters is 1. The third-order valence-electron chi connectivity index (χ3n) is 2.33. The van der Waals surface area contributed by atoms with Crippen molar-refractivity contribution >= 4 is 27.7 Å². The maximum atomic E-state index is 11.7. The van der Waals surface area contributed by atoms with Crippen LogP contribution in [0.4, 0.5) is 0 Å². The predicted molar refractivity (Wildman–Crippen MR) is 64.6 cm³/mol. The summed E-state index contributed by atoms with van der Waals surface area (Å²) in [4.78, 5) is 22.9. The first kappa shape index (κ1) is 12.9. The molecule has 0 amide bonds. The topological polar surface area (TPSA) is 43.4 Å². The highest BCUT2D eigenvalue weighted by molar-refractivity contribution is 9.10. The fourth-order valence-electron chi connectivity index (χ4n) is 1.26. The maximum absolute atomic E-state index is 11.7. The van der Waals surface area contributed by atoms with Crippen molar-refractivity contribution in [1.82, 2.24) is 0 Å². The Bertz CT molecular complexity index is 415. The number of ketones is 1. The molecule has 0 saturated heterocycles. The van der Waals surface area contributed by atoms with Crippen molar-refractivity contribution in [3.63, 3.8) is 0 Å². The van der Waals surface area contributed by atoms with Crippen LogP contribution in [0.5, 0.6) is 0 Å². The van der Waals surface area contributed by atoms with E-state index >= 15 is 0 Å². The molecule has 3 nitrogen and oxygen atoms in total. The molecule has 0 atom stereocenters. The summed E-state index contributed by atoms with van der Waals surface area (Å²) < 4.78 is 5.48. The molecule has 86 valence electrons. The Morgan fingerprint density at radius 1 is 1.31 bits per heavy atom. The Balaban J connectivity index is 3.06. The van der Waals surface area contributed by atoms with Gasteiger partial charge in [-0.2, -0.15) is 0 Å². The average molecular weight is 285 g/mol. The second-order valence-corrected chi connectivity index (χ2v) is 4.30. The predicted octanol–water partition coefficient (Wildman–Crippen LogP) is 2.81. The molecule has 0 aromatic heterocycles. The molecule has 0 heterocycles. The fourth-order valence-corrected chi connectivity index (χ4v) is 1.82. The molecule has 0 fully saturated rings. The molecule has 1 aromatic rings. The zero-order valence-electron chi connectivity index (χ0n) is 9.46. The second kappa shape index (κ2) is 5.25. The molecule has 0 N–H and O–H groups in total. The highest BCUT2D eigenvalue weighted by Gasteiger charge is 2.18. The van der Waals surface area contributed by atoms with E-state index in [1.165, 1.54) is 0 Å². The van der Waals surface area contributed by atoms with Gasteiger partial charge in [-0.05, 0) is 44.0 Å². The fraction of sp³-hybridized carbons (Fsp3) is 0.333. The Labute approximate surface area is 103 Å². The van der Waals surface area contributed by atoms with Crippen LogP contribution >= 0.6 is 15.9 Å². The van der Waals surface area contributed by atoms with E-state index in [0.717, 1.165) is 15.6 Å². The number of aryl methyl sites for hydroxylation is 1. The van der Waals surface area contributed by atoms with Crippen LogP contribution in [0.2, 0.25) is 0 Å². The summed E-state index contributed by atoms with van der Waals surface area (Å²) in [7, 11) is 0. The van der Waals surface area contributed by atoms with E-state index < -0.39 is 11.8 Å². The molecule has 0 aliphatic carbocycles. The van der Waals surface area contributed by atoms with Crippen molar-refractivity contribution < 1.29 is 14.3 Å². The van der Waals surface area contributed by atoms with Crippen LogP contribution in [0.25, 0.3) is 0 Å². The lowest BCUT2D eigenvalue weighted by Gasteiger charge is -2.06. The Morgan fingerprint density at radius 2 is 1.94 bits per heavy atom. The number of rotatable bonds is 3. The van der Waals surface area contributed by atoms with Crippen molar-refractivity contribution in [3.05, 3.63) is 33.3 Å². The Morgan fingerprint density at radius 3 is 2.44 bits per heavy atom. The number of benzene rings is 1. The third-order valence-corrected chi connectivity index (χ3v) is 3.15. The first-order valence-corrected chi connectivity index (χ1v) is 5.74. The molecular weight excluding hydrogens is 272 g/mol. The molecule has 16 heavy (non-hydrogen) atoms. The first-order valence-electron chi connectivity index (χ1n) is 4.95. The van der Waals surface area contributed by atoms with Crippen LogP contribution in [0.3, 0.4) is 0 Å². The minimum absolute atomic E-state index is 0.205. The van der Waals surface area contributed by atoms with Gasteiger partial charge in [0, 0.05) is 10.0 Å². The SMILES string of the molecule is CCOC(=O)C(=O)c1cc(C)c(C)c(Br)c1.